The van der Waals surface area contributed by atoms with E-state index in [1.54, 1.807) is 0 Å². The fraction of sp³-hybridized carbons (Fsp3) is 0.182. The minimum atomic E-state index is -1.40. The van der Waals surface area contributed by atoms with Gasteiger partial charge in [-0.15, -0.1) is 0 Å². The highest BCUT2D eigenvalue weighted by Crippen LogP contribution is 2.16. The van der Waals surface area contributed by atoms with Gasteiger partial charge in [0.05, 0.1) is 5.56 Å². The largest absolute Gasteiger partial charge is 0.484 e. The zero-order chi connectivity index (χ0) is 14.4. The summed E-state index contributed by atoms with van der Waals surface area (Å²) < 4.78 is 18.2. The van der Waals surface area contributed by atoms with E-state index in [9.17, 15) is 18.8 Å². The van der Waals surface area contributed by atoms with Crippen LogP contribution in [0.25, 0.3) is 0 Å². The molecule has 0 radical (unpaired) electrons. The van der Waals surface area contributed by atoms with E-state index >= 15 is 0 Å². The molecule has 0 saturated heterocycles. The minimum absolute atomic E-state index is 0.000440. The Morgan fingerprint density at radius 3 is 2.53 bits per heavy atom. The number of amides is 2. The van der Waals surface area contributed by atoms with Gasteiger partial charge in [-0.05, 0) is 12.1 Å². The third-order valence-electron chi connectivity index (χ3n) is 1.92. The van der Waals surface area contributed by atoms with Crippen LogP contribution in [-0.4, -0.2) is 29.5 Å². The van der Waals surface area contributed by atoms with E-state index in [1.807, 2.05) is 10.9 Å². The van der Waals surface area contributed by atoms with Crippen LogP contribution in [0.5, 0.6) is 5.75 Å². The van der Waals surface area contributed by atoms with Gasteiger partial charge in [-0.25, -0.2) is 9.18 Å². The number of halogens is 1. The summed E-state index contributed by atoms with van der Waals surface area (Å²) in [6.45, 7) is 0.757. The maximum Gasteiger partial charge on any atom is 0.338 e. The molecule has 19 heavy (non-hydrogen) atoms. The number of benzene rings is 1. The fourth-order valence-electron chi connectivity index (χ4n) is 1.10. The predicted molar refractivity (Wildman–Crippen MR) is 60.8 cm³/mol. The van der Waals surface area contributed by atoms with Gasteiger partial charge in [0.1, 0.15) is 11.6 Å². The Morgan fingerprint density at radius 1 is 1.32 bits per heavy atom. The van der Waals surface area contributed by atoms with Crippen LogP contribution in [0.2, 0.25) is 0 Å². The molecule has 0 spiro atoms. The van der Waals surface area contributed by atoms with Gasteiger partial charge in [-0.3, -0.25) is 20.4 Å². The molecule has 1 aromatic carbocycles. The standard InChI is InChI=1S/C11H11FN2O5/c1-6(15)13-14-10(16)5-19-7-2-3-8(11(17)18)9(12)4-7/h2-4H,5H2,1H3,(H,13,15)(H,14,16)(H,17,18). The van der Waals surface area contributed by atoms with Gasteiger partial charge >= 0.3 is 5.97 Å². The van der Waals surface area contributed by atoms with Crippen LogP contribution >= 0.6 is 0 Å². The van der Waals surface area contributed by atoms with Crippen molar-refractivity contribution in [2.24, 2.45) is 0 Å². The van der Waals surface area contributed by atoms with Crippen LogP contribution in [0.1, 0.15) is 17.3 Å². The molecule has 0 fully saturated rings. The number of carbonyl (C=O) groups excluding carboxylic acids is 2. The van der Waals surface area contributed by atoms with E-state index in [1.165, 1.54) is 13.0 Å². The highest BCUT2D eigenvalue weighted by atomic mass is 19.1. The van der Waals surface area contributed by atoms with Crippen LogP contribution in [0, 0.1) is 5.82 Å². The Bertz CT molecular complexity index is 518. The Balaban J connectivity index is 2.54. The molecule has 0 aliphatic carbocycles. The molecule has 0 unspecified atom stereocenters. The van der Waals surface area contributed by atoms with Crippen LogP contribution in [0.3, 0.4) is 0 Å². The van der Waals surface area contributed by atoms with Gasteiger partial charge in [0.2, 0.25) is 5.91 Å². The number of carboxylic acids is 1. The monoisotopic (exact) mass is 270 g/mol. The van der Waals surface area contributed by atoms with E-state index in [0.717, 1.165) is 12.1 Å². The first-order valence-electron chi connectivity index (χ1n) is 5.11. The van der Waals surface area contributed by atoms with Crippen LogP contribution in [-0.2, 0) is 9.59 Å². The van der Waals surface area contributed by atoms with Gasteiger partial charge < -0.3 is 9.84 Å². The molecule has 0 heterocycles. The first kappa shape index (κ1) is 14.4. The Kier molecular flexibility index (Phi) is 4.81. The second-order valence-electron chi connectivity index (χ2n) is 3.46. The second-order valence-corrected chi connectivity index (χ2v) is 3.46. The summed E-state index contributed by atoms with van der Waals surface area (Å²) in [5.74, 6) is -3.46. The lowest BCUT2D eigenvalue weighted by atomic mass is 10.2. The summed E-state index contributed by atoms with van der Waals surface area (Å²) in [5.41, 5.74) is 3.60. The highest BCUT2D eigenvalue weighted by molar-refractivity contribution is 5.88. The van der Waals surface area contributed by atoms with Crippen molar-refractivity contribution in [2.45, 2.75) is 6.92 Å². The first-order valence-corrected chi connectivity index (χ1v) is 5.11. The normalized spacial score (nSPS) is 9.58. The van der Waals surface area contributed by atoms with Gasteiger partial charge in [-0.2, -0.15) is 0 Å². The van der Waals surface area contributed by atoms with Crippen molar-refractivity contribution in [1.29, 1.82) is 0 Å². The minimum Gasteiger partial charge on any atom is -0.484 e. The molecule has 1 aromatic rings. The molecule has 102 valence electrons. The lowest BCUT2D eigenvalue weighted by Crippen LogP contribution is -2.42. The van der Waals surface area contributed by atoms with Crippen LogP contribution in [0.4, 0.5) is 4.39 Å². The van der Waals surface area contributed by atoms with Crippen molar-refractivity contribution in [1.82, 2.24) is 10.9 Å². The molecular weight excluding hydrogens is 259 g/mol. The van der Waals surface area contributed by atoms with Crippen LogP contribution in [0.15, 0.2) is 18.2 Å². The summed E-state index contributed by atoms with van der Waals surface area (Å²) in [5, 5.41) is 8.61. The summed E-state index contributed by atoms with van der Waals surface area (Å²) in [6, 6.07) is 3.10. The third kappa shape index (κ3) is 4.62. The molecule has 0 aromatic heterocycles. The molecule has 1 rings (SSSR count). The molecule has 0 aliphatic rings. The van der Waals surface area contributed by atoms with Crippen LogP contribution < -0.4 is 15.6 Å². The molecule has 0 saturated carbocycles. The second kappa shape index (κ2) is 6.34. The summed E-state index contributed by atoms with van der Waals surface area (Å²) in [4.78, 5) is 32.2. The van der Waals surface area contributed by atoms with E-state index in [-0.39, 0.29) is 5.75 Å². The highest BCUT2D eigenvalue weighted by Gasteiger charge is 2.11. The molecule has 0 bridgehead atoms. The van der Waals surface area contributed by atoms with E-state index < -0.39 is 35.8 Å². The number of carboxylic acid groups (broad SMARTS) is 1. The smallest absolute Gasteiger partial charge is 0.338 e. The summed E-state index contributed by atoms with van der Waals surface area (Å²) >= 11 is 0. The number of ether oxygens (including phenoxy) is 1. The van der Waals surface area contributed by atoms with Crippen molar-refractivity contribution in [2.75, 3.05) is 6.61 Å². The van der Waals surface area contributed by atoms with Crippen molar-refractivity contribution in [3.8, 4) is 5.75 Å². The number of hydrogen-bond acceptors (Lipinski definition) is 4. The first-order chi connectivity index (χ1) is 8.90. The van der Waals surface area contributed by atoms with Gasteiger partial charge in [0.15, 0.2) is 6.61 Å². The van der Waals surface area contributed by atoms with Crippen molar-refractivity contribution >= 4 is 17.8 Å². The average molecular weight is 270 g/mol. The molecule has 0 aliphatic heterocycles. The number of aromatic carboxylic acids is 1. The number of hydrazine groups is 1. The number of hydrogen-bond donors (Lipinski definition) is 3. The number of carbonyl (C=O) groups is 3. The Hall–Kier alpha value is -2.64. The molecule has 3 N–H and O–H groups in total. The van der Waals surface area contributed by atoms with Gasteiger partial charge in [-0.1, -0.05) is 0 Å². The van der Waals surface area contributed by atoms with Crippen molar-refractivity contribution in [3.05, 3.63) is 29.6 Å². The third-order valence-corrected chi connectivity index (χ3v) is 1.92. The molecule has 2 amide bonds. The summed E-state index contributed by atoms with van der Waals surface area (Å²) in [7, 11) is 0. The van der Waals surface area contributed by atoms with Crippen molar-refractivity contribution in [3.63, 3.8) is 0 Å². The SMILES string of the molecule is CC(=O)NNC(=O)COc1ccc(C(=O)O)c(F)c1. The number of rotatable bonds is 4. The molecule has 8 heteroatoms. The van der Waals surface area contributed by atoms with E-state index in [2.05, 4.69) is 0 Å². The Morgan fingerprint density at radius 2 is 2.00 bits per heavy atom. The van der Waals surface area contributed by atoms with E-state index in [4.69, 9.17) is 9.84 Å². The Labute approximate surface area is 107 Å². The zero-order valence-electron chi connectivity index (χ0n) is 9.90. The van der Waals surface area contributed by atoms with Gasteiger partial charge in [0, 0.05) is 13.0 Å². The molecule has 7 nitrogen and oxygen atoms in total. The lowest BCUT2D eigenvalue weighted by molar-refractivity contribution is -0.129. The molecular formula is C11H11FN2O5. The van der Waals surface area contributed by atoms with Gasteiger partial charge in [0.25, 0.3) is 5.91 Å². The average Bonchev–Trinajstić information content (AvgIpc) is 2.33. The lowest BCUT2D eigenvalue weighted by Gasteiger charge is -2.08. The zero-order valence-corrected chi connectivity index (χ0v) is 9.90. The quantitative estimate of drug-likeness (QED) is 0.671. The topological polar surface area (TPSA) is 105 Å². The predicted octanol–water partition coefficient (Wildman–Crippen LogP) is 0.0700. The summed E-state index contributed by atoms with van der Waals surface area (Å²) in [6.07, 6.45) is 0. The van der Waals surface area contributed by atoms with E-state index in [0.29, 0.717) is 0 Å². The fourth-order valence-corrected chi connectivity index (χ4v) is 1.10. The molecule has 0 atom stereocenters. The van der Waals surface area contributed by atoms with Crippen molar-refractivity contribution < 1.29 is 28.6 Å². The maximum absolute atomic E-state index is 13.3. The maximum atomic E-state index is 13.3. The number of nitrogens with one attached hydrogen (secondary N) is 2.